The summed E-state index contributed by atoms with van der Waals surface area (Å²) in [7, 11) is -3.76. The van der Waals surface area contributed by atoms with Crippen LogP contribution in [0.4, 0.5) is 0 Å². The topological polar surface area (TPSA) is 97.5 Å². The largest absolute Gasteiger partial charge is 0.480 e. The minimum absolute atomic E-state index is 0.245. The molecule has 0 atom stereocenters. The molecule has 112 valence electrons. The van der Waals surface area contributed by atoms with E-state index < -0.39 is 27.3 Å². The summed E-state index contributed by atoms with van der Waals surface area (Å²) in [6.07, 6.45) is 0. The van der Waals surface area contributed by atoms with Crippen molar-refractivity contribution in [2.24, 2.45) is 0 Å². The number of aliphatic carboxylic acids is 1. The number of sulfone groups is 1. The van der Waals surface area contributed by atoms with Gasteiger partial charge in [0.15, 0.2) is 9.84 Å². The van der Waals surface area contributed by atoms with Crippen LogP contribution in [0.25, 0.3) is 11.5 Å². The number of aryl methyl sites for hydroxylation is 2. The van der Waals surface area contributed by atoms with Gasteiger partial charge >= 0.3 is 5.97 Å². The van der Waals surface area contributed by atoms with Crippen LogP contribution in [0.1, 0.15) is 17.0 Å². The standard InChI is InChI=1S/C14H15NO5S/c1-9-5-3-4-6-11(9)14-15-12(10(2)20-14)7-21(18,19)8-13(16)17/h3-6H,7-8H2,1-2H3,(H,16,17). The second kappa shape index (κ2) is 5.69. The molecular weight excluding hydrogens is 294 g/mol. The number of rotatable bonds is 5. The maximum absolute atomic E-state index is 11.7. The van der Waals surface area contributed by atoms with Gasteiger partial charge in [-0.3, -0.25) is 4.79 Å². The maximum Gasteiger partial charge on any atom is 0.318 e. The molecule has 2 aromatic rings. The number of benzene rings is 1. The van der Waals surface area contributed by atoms with Crippen molar-refractivity contribution in [2.45, 2.75) is 19.6 Å². The van der Waals surface area contributed by atoms with Gasteiger partial charge in [0.05, 0.1) is 11.4 Å². The second-order valence-corrected chi connectivity index (χ2v) is 6.83. The average Bonchev–Trinajstić information content (AvgIpc) is 2.68. The maximum atomic E-state index is 11.7. The molecule has 0 aliphatic rings. The molecule has 0 radical (unpaired) electrons. The molecule has 0 amide bonds. The van der Waals surface area contributed by atoms with Crippen molar-refractivity contribution in [1.29, 1.82) is 0 Å². The molecule has 21 heavy (non-hydrogen) atoms. The molecule has 0 spiro atoms. The molecule has 7 heteroatoms. The quantitative estimate of drug-likeness (QED) is 0.906. The van der Waals surface area contributed by atoms with E-state index in [1.807, 2.05) is 31.2 Å². The van der Waals surface area contributed by atoms with Crippen molar-refractivity contribution < 1.29 is 22.7 Å². The molecule has 0 fully saturated rings. The smallest absolute Gasteiger partial charge is 0.318 e. The Bertz CT molecular complexity index is 776. The van der Waals surface area contributed by atoms with E-state index in [4.69, 9.17) is 9.52 Å². The first-order chi connectivity index (χ1) is 9.78. The van der Waals surface area contributed by atoms with Crippen molar-refractivity contribution in [3.8, 4) is 11.5 Å². The van der Waals surface area contributed by atoms with Gasteiger partial charge in [-0.05, 0) is 25.5 Å². The molecule has 0 unspecified atom stereocenters. The monoisotopic (exact) mass is 309 g/mol. The molecule has 0 aliphatic heterocycles. The fourth-order valence-corrected chi connectivity index (χ4v) is 3.10. The number of hydrogen-bond acceptors (Lipinski definition) is 5. The SMILES string of the molecule is Cc1ccccc1-c1nc(CS(=O)(=O)CC(=O)O)c(C)o1. The Kier molecular flexibility index (Phi) is 4.13. The van der Waals surface area contributed by atoms with Crippen LogP contribution in [0.5, 0.6) is 0 Å². The zero-order valence-corrected chi connectivity index (χ0v) is 12.5. The van der Waals surface area contributed by atoms with Crippen molar-refractivity contribution >= 4 is 15.8 Å². The van der Waals surface area contributed by atoms with E-state index in [1.54, 1.807) is 6.92 Å². The lowest BCUT2D eigenvalue weighted by molar-refractivity contribution is -0.134. The van der Waals surface area contributed by atoms with Gasteiger partial charge in [0.1, 0.15) is 11.5 Å². The summed E-state index contributed by atoms with van der Waals surface area (Å²) >= 11 is 0. The molecule has 1 aromatic heterocycles. The molecular formula is C14H15NO5S. The summed E-state index contributed by atoms with van der Waals surface area (Å²) in [5.74, 6) is -2.02. The van der Waals surface area contributed by atoms with Crippen LogP contribution in [-0.4, -0.2) is 30.2 Å². The first-order valence-electron chi connectivity index (χ1n) is 6.23. The molecule has 1 aromatic carbocycles. The van der Waals surface area contributed by atoms with Crippen molar-refractivity contribution in [1.82, 2.24) is 4.98 Å². The predicted molar refractivity (Wildman–Crippen MR) is 76.5 cm³/mol. The first kappa shape index (κ1) is 15.2. The van der Waals surface area contributed by atoms with E-state index in [-0.39, 0.29) is 5.69 Å². The number of oxazole rings is 1. The van der Waals surface area contributed by atoms with Crippen LogP contribution in [0.2, 0.25) is 0 Å². The average molecular weight is 309 g/mol. The van der Waals surface area contributed by atoms with Gasteiger partial charge in [-0.2, -0.15) is 0 Å². The third-order valence-electron chi connectivity index (χ3n) is 2.97. The molecule has 0 saturated heterocycles. The van der Waals surface area contributed by atoms with Crippen LogP contribution in [0, 0.1) is 13.8 Å². The third-order valence-corrected chi connectivity index (χ3v) is 4.37. The van der Waals surface area contributed by atoms with E-state index >= 15 is 0 Å². The molecule has 6 nitrogen and oxygen atoms in total. The molecule has 0 aliphatic carbocycles. The molecule has 0 saturated carbocycles. The lowest BCUT2D eigenvalue weighted by Crippen LogP contribution is -2.17. The van der Waals surface area contributed by atoms with Gasteiger partial charge in [-0.25, -0.2) is 13.4 Å². The van der Waals surface area contributed by atoms with Crippen LogP contribution in [0.3, 0.4) is 0 Å². The molecule has 1 N–H and O–H groups in total. The van der Waals surface area contributed by atoms with Gasteiger partial charge in [-0.15, -0.1) is 0 Å². The number of carbonyl (C=O) groups is 1. The van der Waals surface area contributed by atoms with Crippen LogP contribution in [0.15, 0.2) is 28.7 Å². The summed E-state index contributed by atoms with van der Waals surface area (Å²) in [4.78, 5) is 14.7. The highest BCUT2D eigenvalue weighted by molar-refractivity contribution is 7.91. The predicted octanol–water partition coefficient (Wildman–Crippen LogP) is 1.96. The summed E-state index contributed by atoms with van der Waals surface area (Å²) in [5.41, 5.74) is 1.98. The van der Waals surface area contributed by atoms with Gasteiger partial charge in [0, 0.05) is 5.56 Å². The second-order valence-electron chi connectivity index (χ2n) is 4.76. The normalized spacial score (nSPS) is 11.5. The highest BCUT2D eigenvalue weighted by atomic mass is 32.2. The number of carboxylic acids is 1. The summed E-state index contributed by atoms with van der Waals surface area (Å²) < 4.78 is 28.9. The lowest BCUT2D eigenvalue weighted by atomic mass is 10.1. The van der Waals surface area contributed by atoms with E-state index in [9.17, 15) is 13.2 Å². The van der Waals surface area contributed by atoms with E-state index in [0.29, 0.717) is 11.7 Å². The van der Waals surface area contributed by atoms with E-state index in [2.05, 4.69) is 4.98 Å². The summed E-state index contributed by atoms with van der Waals surface area (Å²) in [6.45, 7) is 3.51. The number of carboxylic acid groups (broad SMARTS) is 1. The lowest BCUT2D eigenvalue weighted by Gasteiger charge is -1.99. The van der Waals surface area contributed by atoms with E-state index in [1.165, 1.54) is 0 Å². The Labute approximate surface area is 122 Å². The van der Waals surface area contributed by atoms with Crippen LogP contribution in [-0.2, 0) is 20.4 Å². The van der Waals surface area contributed by atoms with Gasteiger partial charge < -0.3 is 9.52 Å². The van der Waals surface area contributed by atoms with Crippen LogP contribution < -0.4 is 0 Å². The molecule has 1 heterocycles. The minimum atomic E-state index is -3.76. The fourth-order valence-electron chi connectivity index (χ4n) is 1.94. The Balaban J connectivity index is 2.33. The van der Waals surface area contributed by atoms with Crippen molar-refractivity contribution in [2.75, 3.05) is 5.75 Å². The Morgan fingerprint density at radius 1 is 1.29 bits per heavy atom. The van der Waals surface area contributed by atoms with Gasteiger partial charge in [-0.1, -0.05) is 18.2 Å². The zero-order valence-electron chi connectivity index (χ0n) is 11.7. The highest BCUT2D eigenvalue weighted by Crippen LogP contribution is 2.25. The Morgan fingerprint density at radius 2 is 1.95 bits per heavy atom. The first-order valence-corrected chi connectivity index (χ1v) is 8.05. The molecule has 0 bridgehead atoms. The third kappa shape index (κ3) is 3.69. The Hall–Kier alpha value is -2.15. The minimum Gasteiger partial charge on any atom is -0.480 e. The van der Waals surface area contributed by atoms with Crippen molar-refractivity contribution in [3.05, 3.63) is 41.3 Å². The van der Waals surface area contributed by atoms with E-state index in [0.717, 1.165) is 11.1 Å². The van der Waals surface area contributed by atoms with Crippen LogP contribution >= 0.6 is 0 Å². The number of aromatic nitrogens is 1. The summed E-state index contributed by atoms with van der Waals surface area (Å²) in [6, 6.07) is 7.45. The van der Waals surface area contributed by atoms with Crippen molar-refractivity contribution in [3.63, 3.8) is 0 Å². The zero-order chi connectivity index (χ0) is 15.6. The van der Waals surface area contributed by atoms with Gasteiger partial charge in [0.25, 0.3) is 0 Å². The van der Waals surface area contributed by atoms with Gasteiger partial charge in [0.2, 0.25) is 5.89 Å². The molecule has 2 rings (SSSR count). The highest BCUT2D eigenvalue weighted by Gasteiger charge is 2.22. The number of nitrogens with zero attached hydrogens (tertiary/aromatic N) is 1. The fraction of sp³-hybridized carbons (Fsp3) is 0.286. The number of hydrogen-bond donors (Lipinski definition) is 1. The summed E-state index contributed by atoms with van der Waals surface area (Å²) in [5, 5.41) is 8.59. The Morgan fingerprint density at radius 3 is 2.57 bits per heavy atom.